The number of hydrogen-bond donors (Lipinski definition) is 3. The number of carboxylic acid groups (broad SMARTS) is 2. The largest absolute Gasteiger partial charge is 0.490 e. The number of hydrogen-bond acceptors (Lipinski definition) is 5. The summed E-state index contributed by atoms with van der Waals surface area (Å²) in [6, 6.07) is 0. The van der Waals surface area contributed by atoms with E-state index in [1.165, 1.54) is 17.8 Å². The van der Waals surface area contributed by atoms with E-state index in [0.29, 0.717) is 0 Å². The monoisotopic (exact) mass is 422 g/mol. The van der Waals surface area contributed by atoms with E-state index in [9.17, 15) is 26.3 Å². The van der Waals surface area contributed by atoms with E-state index in [0.717, 1.165) is 26.2 Å². The first-order valence-corrected chi connectivity index (χ1v) is 7.64. The highest BCUT2D eigenvalue weighted by atomic mass is 19.4. The Hall–Kier alpha value is -2.35. The quantitative estimate of drug-likeness (QED) is 0.623. The molecule has 0 radical (unpaired) electrons. The van der Waals surface area contributed by atoms with Gasteiger partial charge in [0.05, 0.1) is 17.7 Å². The fourth-order valence-corrected chi connectivity index (χ4v) is 1.86. The topological polar surface area (TPSA) is 108 Å². The molecule has 28 heavy (non-hydrogen) atoms. The van der Waals surface area contributed by atoms with Crippen LogP contribution in [0.3, 0.4) is 0 Å². The lowest BCUT2D eigenvalue weighted by Gasteiger charge is -2.10. The van der Waals surface area contributed by atoms with E-state index in [-0.39, 0.29) is 0 Å². The molecule has 2 heterocycles. The van der Waals surface area contributed by atoms with E-state index in [2.05, 4.69) is 33.9 Å². The van der Waals surface area contributed by atoms with Gasteiger partial charge in [-0.25, -0.2) is 14.6 Å². The van der Waals surface area contributed by atoms with Gasteiger partial charge in [0, 0.05) is 19.6 Å². The number of nitrogens with one attached hydrogen (secondary N) is 1. The zero-order valence-electron chi connectivity index (χ0n) is 14.9. The van der Waals surface area contributed by atoms with Crippen molar-refractivity contribution >= 4 is 11.9 Å². The normalized spacial score (nSPS) is 14.0. The lowest BCUT2D eigenvalue weighted by atomic mass is 10.3. The first-order valence-electron chi connectivity index (χ1n) is 7.64. The number of rotatable bonds is 2. The third-order valence-corrected chi connectivity index (χ3v) is 3.03. The van der Waals surface area contributed by atoms with Crippen molar-refractivity contribution in [1.29, 1.82) is 0 Å². The molecule has 1 aliphatic rings. The molecule has 0 aliphatic carbocycles. The lowest BCUT2D eigenvalue weighted by molar-refractivity contribution is -0.193. The van der Waals surface area contributed by atoms with Gasteiger partial charge in [-0.1, -0.05) is 0 Å². The highest BCUT2D eigenvalue weighted by Gasteiger charge is 2.38. The average molecular weight is 422 g/mol. The fourth-order valence-electron chi connectivity index (χ4n) is 1.86. The molecule has 0 fully saturated rings. The Morgan fingerprint density at radius 2 is 1.61 bits per heavy atom. The number of aliphatic carboxylic acids is 2. The summed E-state index contributed by atoms with van der Waals surface area (Å²) in [7, 11) is 4.16. The highest BCUT2D eigenvalue weighted by molar-refractivity contribution is 5.73. The molecule has 0 saturated heterocycles. The summed E-state index contributed by atoms with van der Waals surface area (Å²) in [4.78, 5) is 24.4. The molecule has 1 aliphatic heterocycles. The van der Waals surface area contributed by atoms with Gasteiger partial charge in [-0.3, -0.25) is 0 Å². The summed E-state index contributed by atoms with van der Waals surface area (Å²) in [5.41, 5.74) is 2.57. The van der Waals surface area contributed by atoms with Crippen molar-refractivity contribution in [3.63, 3.8) is 0 Å². The predicted octanol–water partition coefficient (Wildman–Crippen LogP) is 1.70. The second kappa shape index (κ2) is 10.8. The molecule has 3 N–H and O–H groups in total. The minimum absolute atomic E-state index is 0.935. The molecule has 2 rings (SSSR count). The first kappa shape index (κ1) is 25.6. The van der Waals surface area contributed by atoms with Gasteiger partial charge in [0.2, 0.25) is 0 Å². The van der Waals surface area contributed by atoms with Gasteiger partial charge in [0.1, 0.15) is 0 Å². The molecule has 1 aromatic rings. The van der Waals surface area contributed by atoms with Crippen molar-refractivity contribution in [3.8, 4) is 0 Å². The zero-order chi connectivity index (χ0) is 22.1. The smallest absolute Gasteiger partial charge is 0.475 e. The second-order valence-corrected chi connectivity index (χ2v) is 5.71. The van der Waals surface area contributed by atoms with Crippen molar-refractivity contribution in [3.05, 3.63) is 17.7 Å². The summed E-state index contributed by atoms with van der Waals surface area (Å²) in [5.74, 6) is -5.51. The molecule has 0 unspecified atom stereocenters. The molecule has 1 aromatic heterocycles. The van der Waals surface area contributed by atoms with Gasteiger partial charge in [-0.05, 0) is 27.1 Å². The van der Waals surface area contributed by atoms with Crippen molar-refractivity contribution in [2.75, 3.05) is 20.6 Å². The maximum absolute atomic E-state index is 10.6. The number of imidazole rings is 1. The Morgan fingerprint density at radius 1 is 1.14 bits per heavy atom. The van der Waals surface area contributed by atoms with Crippen LogP contribution in [-0.4, -0.2) is 69.6 Å². The number of carboxylic acids is 2. The molecule has 14 heteroatoms. The number of halogens is 6. The number of fused-ring (bicyclic) bond motifs is 1. The van der Waals surface area contributed by atoms with Crippen LogP contribution in [-0.2, 0) is 29.2 Å². The maximum Gasteiger partial charge on any atom is 0.490 e. The molecule has 8 nitrogen and oxygen atoms in total. The molecule has 0 atom stereocenters. The van der Waals surface area contributed by atoms with Gasteiger partial charge in [0.15, 0.2) is 0 Å². The van der Waals surface area contributed by atoms with E-state index in [1.54, 1.807) is 0 Å². The zero-order valence-corrected chi connectivity index (χ0v) is 14.9. The predicted molar refractivity (Wildman–Crippen MR) is 83.3 cm³/mol. The molecule has 0 spiro atoms. The maximum atomic E-state index is 10.6. The SMILES string of the molecule is CN(C)Cc1ncn2c1CNCCC2.O=C(O)C(F)(F)F.O=C(O)C(F)(F)F. The van der Waals surface area contributed by atoms with Crippen LogP contribution in [0.15, 0.2) is 6.33 Å². The van der Waals surface area contributed by atoms with Crippen molar-refractivity contribution < 1.29 is 46.1 Å². The van der Waals surface area contributed by atoms with Crippen LogP contribution in [0, 0.1) is 0 Å². The standard InChI is InChI=1S/C10H18N4.2C2HF3O2/c1-13(2)7-9-10-6-11-4-3-5-14(10)8-12-9;2*3-2(4,5)1(6)7/h8,11H,3-7H2,1-2H3;2*(H,6,7). The molecular formula is C14H20F6N4O4. The minimum Gasteiger partial charge on any atom is -0.475 e. The Kier molecular flexibility index (Phi) is 9.94. The summed E-state index contributed by atoms with van der Waals surface area (Å²) in [5, 5.41) is 17.7. The summed E-state index contributed by atoms with van der Waals surface area (Å²) in [6.45, 7) is 4.11. The van der Waals surface area contributed by atoms with Crippen LogP contribution in [0.1, 0.15) is 17.8 Å². The Labute approximate surface area is 155 Å². The lowest BCUT2D eigenvalue weighted by Crippen LogP contribution is -2.21. The summed E-state index contributed by atoms with van der Waals surface area (Å²) in [6.07, 6.45) is -6.99. The van der Waals surface area contributed by atoms with Crippen molar-refractivity contribution in [2.24, 2.45) is 0 Å². The molecule has 0 bridgehead atoms. The van der Waals surface area contributed by atoms with Crippen LogP contribution in [0.4, 0.5) is 26.3 Å². The first-order chi connectivity index (χ1) is 12.7. The van der Waals surface area contributed by atoms with Crippen LogP contribution in [0.2, 0.25) is 0 Å². The third-order valence-electron chi connectivity index (χ3n) is 3.03. The Balaban J connectivity index is 0.000000444. The Bertz CT molecular complexity index is 619. The summed E-state index contributed by atoms with van der Waals surface area (Å²) >= 11 is 0. The van der Waals surface area contributed by atoms with Gasteiger partial charge in [0.25, 0.3) is 0 Å². The molecule has 0 aromatic carbocycles. The highest BCUT2D eigenvalue weighted by Crippen LogP contribution is 2.14. The van der Waals surface area contributed by atoms with Gasteiger partial charge < -0.3 is 25.0 Å². The van der Waals surface area contributed by atoms with Crippen molar-refractivity contribution in [1.82, 2.24) is 19.8 Å². The fraction of sp³-hybridized carbons (Fsp3) is 0.643. The van der Waals surface area contributed by atoms with E-state index in [4.69, 9.17) is 19.8 Å². The van der Waals surface area contributed by atoms with E-state index >= 15 is 0 Å². The summed E-state index contributed by atoms with van der Waals surface area (Å²) < 4.78 is 65.7. The van der Waals surface area contributed by atoms with E-state index in [1.807, 2.05) is 6.33 Å². The number of aromatic nitrogens is 2. The van der Waals surface area contributed by atoms with Crippen LogP contribution >= 0.6 is 0 Å². The number of alkyl halides is 6. The second-order valence-electron chi connectivity index (χ2n) is 5.71. The van der Waals surface area contributed by atoms with Crippen LogP contribution in [0.5, 0.6) is 0 Å². The number of nitrogens with zero attached hydrogens (tertiary/aromatic N) is 3. The number of carbonyl (C=O) groups is 2. The Morgan fingerprint density at radius 3 is 2.00 bits per heavy atom. The van der Waals surface area contributed by atoms with Crippen LogP contribution < -0.4 is 5.32 Å². The average Bonchev–Trinajstić information content (AvgIpc) is 2.75. The number of aryl methyl sites for hydroxylation is 1. The van der Waals surface area contributed by atoms with Crippen LogP contribution in [0.25, 0.3) is 0 Å². The van der Waals surface area contributed by atoms with E-state index < -0.39 is 24.3 Å². The molecule has 162 valence electrons. The van der Waals surface area contributed by atoms with Gasteiger partial charge >= 0.3 is 24.3 Å². The van der Waals surface area contributed by atoms with Gasteiger partial charge in [-0.15, -0.1) is 0 Å². The molecule has 0 amide bonds. The third kappa shape index (κ3) is 10.1. The molecule has 0 saturated carbocycles. The van der Waals surface area contributed by atoms with Gasteiger partial charge in [-0.2, -0.15) is 26.3 Å². The minimum atomic E-state index is -5.08. The molecular weight excluding hydrogens is 402 g/mol. The van der Waals surface area contributed by atoms with Crippen molar-refractivity contribution in [2.45, 2.75) is 38.4 Å².